The van der Waals surface area contributed by atoms with Crippen LogP contribution >= 0.6 is 0 Å². The normalized spacial score (nSPS) is 12.1. The zero-order valence-electron chi connectivity index (χ0n) is 7.85. The minimum atomic E-state index is -0.951. The Morgan fingerprint density at radius 1 is 1.50 bits per heavy atom. The first-order valence-corrected chi connectivity index (χ1v) is 4.38. The molecule has 75 valence electrons. The molecule has 0 bridgehead atoms. The van der Waals surface area contributed by atoms with Crippen molar-refractivity contribution >= 4 is 6.08 Å². The largest absolute Gasteiger partial charge is 0.490 e. The summed E-state index contributed by atoms with van der Waals surface area (Å²) in [6, 6.07) is 7.32. The summed E-state index contributed by atoms with van der Waals surface area (Å²) in [5.41, 5.74) is 0.852. The molecular weight excluding hydrogens is 180 g/mol. The monoisotopic (exact) mass is 193 g/mol. The van der Waals surface area contributed by atoms with Crippen LogP contribution in [-0.4, -0.2) is 24.4 Å². The van der Waals surface area contributed by atoms with E-state index >= 15 is 0 Å². The van der Waals surface area contributed by atoms with Gasteiger partial charge < -0.3 is 9.84 Å². The van der Waals surface area contributed by atoms with Crippen molar-refractivity contribution in [1.82, 2.24) is 0 Å². The summed E-state index contributed by atoms with van der Waals surface area (Å²) < 4.78 is 5.26. The molecule has 0 fully saturated rings. The smallest absolute Gasteiger partial charge is 0.126 e. The fraction of sp³-hybridized carbons (Fsp3) is 0.273. The van der Waals surface area contributed by atoms with Gasteiger partial charge in [-0.1, -0.05) is 30.9 Å². The fourth-order valence-electron chi connectivity index (χ4n) is 1.01. The highest BCUT2D eigenvalue weighted by Gasteiger charge is 2.05. The first kappa shape index (κ1) is 10.8. The van der Waals surface area contributed by atoms with Crippen molar-refractivity contribution in [3.63, 3.8) is 0 Å². The van der Waals surface area contributed by atoms with Crippen molar-refractivity contribution < 1.29 is 14.9 Å². The molecular formula is C11H13O3. The molecule has 0 aromatic heterocycles. The second kappa shape index (κ2) is 5.42. The van der Waals surface area contributed by atoms with Gasteiger partial charge in [-0.3, -0.25) is 0 Å². The standard InChI is InChI=1S/C11H13O3/c1-2-9-5-3-4-6-11(9)14-8-10(13)7-12/h2-6,10,13H,1,7-8H2. The summed E-state index contributed by atoms with van der Waals surface area (Å²) in [4.78, 5) is 0. The molecule has 3 nitrogen and oxygen atoms in total. The summed E-state index contributed by atoms with van der Waals surface area (Å²) in [6.45, 7) is 3.11. The molecule has 0 saturated carbocycles. The van der Waals surface area contributed by atoms with Crippen LogP contribution in [0.5, 0.6) is 5.75 Å². The molecule has 1 aromatic carbocycles. The van der Waals surface area contributed by atoms with E-state index in [9.17, 15) is 5.11 Å². The quantitative estimate of drug-likeness (QED) is 0.770. The topological polar surface area (TPSA) is 49.4 Å². The maximum absolute atomic E-state index is 10.3. The van der Waals surface area contributed by atoms with Gasteiger partial charge in [0.25, 0.3) is 0 Å². The van der Waals surface area contributed by atoms with Crippen molar-refractivity contribution in [2.45, 2.75) is 6.10 Å². The van der Waals surface area contributed by atoms with Gasteiger partial charge >= 0.3 is 0 Å². The minimum absolute atomic E-state index is 0.0222. The number of para-hydroxylation sites is 1. The highest BCUT2D eigenvalue weighted by Crippen LogP contribution is 2.18. The van der Waals surface area contributed by atoms with Crippen molar-refractivity contribution in [1.29, 1.82) is 0 Å². The van der Waals surface area contributed by atoms with E-state index < -0.39 is 12.7 Å². The van der Waals surface area contributed by atoms with Gasteiger partial charge in [0, 0.05) is 5.56 Å². The van der Waals surface area contributed by atoms with Crippen LogP contribution in [0.1, 0.15) is 5.56 Å². The molecule has 0 aliphatic heterocycles. The predicted molar refractivity (Wildman–Crippen MR) is 53.6 cm³/mol. The first-order chi connectivity index (χ1) is 6.77. The van der Waals surface area contributed by atoms with Crippen molar-refractivity contribution in [2.24, 2.45) is 0 Å². The Morgan fingerprint density at radius 3 is 2.86 bits per heavy atom. The third-order valence-corrected chi connectivity index (χ3v) is 1.76. The van der Waals surface area contributed by atoms with Gasteiger partial charge in [0.1, 0.15) is 25.1 Å². The molecule has 1 rings (SSSR count). The molecule has 0 aliphatic rings. The third-order valence-electron chi connectivity index (χ3n) is 1.76. The molecule has 1 N–H and O–H groups in total. The molecule has 0 spiro atoms. The molecule has 1 aromatic rings. The maximum Gasteiger partial charge on any atom is 0.126 e. The van der Waals surface area contributed by atoms with E-state index in [1.165, 1.54) is 0 Å². The van der Waals surface area contributed by atoms with Gasteiger partial charge in [0.2, 0.25) is 0 Å². The zero-order valence-corrected chi connectivity index (χ0v) is 7.85. The molecule has 1 atom stereocenters. The second-order valence-corrected chi connectivity index (χ2v) is 2.87. The van der Waals surface area contributed by atoms with Gasteiger partial charge in [-0.05, 0) is 6.07 Å². The molecule has 1 radical (unpaired) electrons. The molecule has 0 aliphatic carbocycles. The Hall–Kier alpha value is -1.32. The molecule has 1 unspecified atom stereocenters. The second-order valence-electron chi connectivity index (χ2n) is 2.87. The minimum Gasteiger partial charge on any atom is -0.490 e. The van der Waals surface area contributed by atoms with Gasteiger partial charge in [-0.15, -0.1) is 0 Å². The lowest BCUT2D eigenvalue weighted by Crippen LogP contribution is -2.20. The highest BCUT2D eigenvalue weighted by atomic mass is 16.5. The van der Waals surface area contributed by atoms with E-state index in [4.69, 9.17) is 9.84 Å². The number of rotatable bonds is 5. The third kappa shape index (κ3) is 2.87. The fourth-order valence-corrected chi connectivity index (χ4v) is 1.01. The molecule has 14 heavy (non-hydrogen) atoms. The Balaban J connectivity index is 2.61. The molecule has 0 amide bonds. The van der Waals surface area contributed by atoms with Gasteiger partial charge in [0.15, 0.2) is 0 Å². The van der Waals surface area contributed by atoms with Crippen molar-refractivity contribution in [3.8, 4) is 5.75 Å². The Morgan fingerprint density at radius 2 is 2.21 bits per heavy atom. The van der Waals surface area contributed by atoms with Crippen LogP contribution in [0.2, 0.25) is 0 Å². The van der Waals surface area contributed by atoms with Crippen LogP contribution in [-0.2, 0) is 5.11 Å². The Labute approximate surface area is 83.3 Å². The SMILES string of the molecule is C=Cc1ccccc1OCC(O)C[O]. The number of ether oxygens (including phenoxy) is 1. The lowest BCUT2D eigenvalue weighted by atomic mass is 10.2. The number of hydrogen-bond donors (Lipinski definition) is 1. The summed E-state index contributed by atoms with van der Waals surface area (Å²) in [7, 11) is 0. The summed E-state index contributed by atoms with van der Waals surface area (Å²) in [5, 5.41) is 19.3. The predicted octanol–water partition coefficient (Wildman–Crippen LogP) is 1.50. The first-order valence-electron chi connectivity index (χ1n) is 4.38. The lowest BCUT2D eigenvalue weighted by Gasteiger charge is -2.11. The van der Waals surface area contributed by atoms with Gasteiger partial charge in [0.05, 0.1) is 0 Å². The highest BCUT2D eigenvalue weighted by molar-refractivity contribution is 5.55. The number of aliphatic hydroxyl groups is 1. The van der Waals surface area contributed by atoms with Crippen LogP contribution in [0.3, 0.4) is 0 Å². The summed E-state index contributed by atoms with van der Waals surface area (Å²) in [5.74, 6) is 0.634. The van der Waals surface area contributed by atoms with E-state index in [1.807, 2.05) is 18.2 Å². The zero-order chi connectivity index (χ0) is 10.4. The van der Waals surface area contributed by atoms with Crippen LogP contribution < -0.4 is 4.74 Å². The van der Waals surface area contributed by atoms with Crippen LogP contribution in [0.25, 0.3) is 6.08 Å². The Bertz CT molecular complexity index is 296. The van der Waals surface area contributed by atoms with E-state index in [0.29, 0.717) is 5.75 Å². The maximum atomic E-state index is 10.3. The number of benzene rings is 1. The van der Waals surface area contributed by atoms with Crippen molar-refractivity contribution in [3.05, 3.63) is 36.4 Å². The van der Waals surface area contributed by atoms with Crippen LogP contribution in [0.4, 0.5) is 0 Å². The number of aliphatic hydroxyl groups excluding tert-OH is 1. The van der Waals surface area contributed by atoms with Crippen LogP contribution in [0.15, 0.2) is 30.8 Å². The average molecular weight is 193 g/mol. The van der Waals surface area contributed by atoms with E-state index in [-0.39, 0.29) is 6.61 Å². The number of hydrogen-bond acceptors (Lipinski definition) is 2. The van der Waals surface area contributed by atoms with Gasteiger partial charge in [-0.25, -0.2) is 5.11 Å². The van der Waals surface area contributed by atoms with Gasteiger partial charge in [-0.2, -0.15) is 0 Å². The molecule has 0 saturated heterocycles. The lowest BCUT2D eigenvalue weighted by molar-refractivity contribution is 0.0245. The molecule has 3 heteroatoms. The molecule has 0 heterocycles. The van der Waals surface area contributed by atoms with E-state index in [1.54, 1.807) is 12.1 Å². The van der Waals surface area contributed by atoms with E-state index in [0.717, 1.165) is 5.56 Å². The van der Waals surface area contributed by atoms with E-state index in [2.05, 4.69) is 6.58 Å². The average Bonchev–Trinajstić information content (AvgIpc) is 2.26. The van der Waals surface area contributed by atoms with Crippen LogP contribution in [0, 0.1) is 0 Å². The Kier molecular flexibility index (Phi) is 4.16. The van der Waals surface area contributed by atoms with Crippen molar-refractivity contribution in [2.75, 3.05) is 13.2 Å². The summed E-state index contributed by atoms with van der Waals surface area (Å²) in [6.07, 6.45) is 0.715. The summed E-state index contributed by atoms with van der Waals surface area (Å²) >= 11 is 0.